The van der Waals surface area contributed by atoms with Crippen LogP contribution in [0.1, 0.15) is 90.2 Å². The average molecular weight is 570 g/mol. The summed E-state index contributed by atoms with van der Waals surface area (Å²) in [6.45, 7) is 6.14. The number of unbranched alkanes of at least 4 members (excludes halogenated alkanes) is 2. The Morgan fingerprint density at radius 1 is 1.00 bits per heavy atom. The molecule has 1 atom stereocenters. The number of hydrogen-bond donors (Lipinski definition) is 3. The Balaban J connectivity index is 1.17. The second-order valence-corrected chi connectivity index (χ2v) is 12.3. The first kappa shape index (κ1) is 30.3. The maximum Gasteiger partial charge on any atom is 0.407 e. The van der Waals surface area contributed by atoms with Crippen molar-refractivity contribution in [1.82, 2.24) is 25.1 Å². The summed E-state index contributed by atoms with van der Waals surface area (Å²) in [6, 6.07) is 5.23. The van der Waals surface area contributed by atoms with Gasteiger partial charge in [0, 0.05) is 32.0 Å². The van der Waals surface area contributed by atoms with Crippen molar-refractivity contribution in [1.29, 1.82) is 0 Å². The summed E-state index contributed by atoms with van der Waals surface area (Å²) in [5.74, 6) is -0.668. The van der Waals surface area contributed by atoms with Gasteiger partial charge in [-0.05, 0) is 89.8 Å². The number of amides is 4. The summed E-state index contributed by atoms with van der Waals surface area (Å²) in [4.78, 5) is 61.4. The quantitative estimate of drug-likeness (QED) is 0.313. The molecule has 2 aromatic rings. The van der Waals surface area contributed by atoms with E-state index < -0.39 is 23.6 Å². The van der Waals surface area contributed by atoms with E-state index in [1.165, 1.54) is 4.57 Å². The molecule has 0 radical (unpaired) electrons. The van der Waals surface area contributed by atoms with Crippen molar-refractivity contribution >= 4 is 34.8 Å². The van der Waals surface area contributed by atoms with E-state index in [1.807, 2.05) is 39.0 Å². The lowest BCUT2D eigenvalue weighted by Crippen LogP contribution is -2.44. The van der Waals surface area contributed by atoms with Gasteiger partial charge in [-0.25, -0.2) is 9.59 Å². The fourth-order valence-electron chi connectivity index (χ4n) is 5.76. The number of piperidine rings is 1. The molecule has 4 amide bonds. The fourth-order valence-corrected chi connectivity index (χ4v) is 5.76. The summed E-state index contributed by atoms with van der Waals surface area (Å²) in [7, 11) is 1.70. The molecule has 0 bridgehead atoms. The molecule has 2 heterocycles. The first-order valence-electron chi connectivity index (χ1n) is 14.7. The van der Waals surface area contributed by atoms with Gasteiger partial charge in [0.25, 0.3) is 0 Å². The molecule has 1 aromatic carbocycles. The zero-order chi connectivity index (χ0) is 29.7. The molecule has 2 fully saturated rings. The van der Waals surface area contributed by atoms with Crippen LogP contribution in [-0.2, 0) is 32.6 Å². The number of ether oxygens (including phenoxy) is 1. The van der Waals surface area contributed by atoms with Crippen molar-refractivity contribution < 1.29 is 23.9 Å². The minimum absolute atomic E-state index is 0.0162. The minimum atomic E-state index is -0.686. The van der Waals surface area contributed by atoms with Crippen molar-refractivity contribution in [2.75, 3.05) is 6.54 Å². The van der Waals surface area contributed by atoms with Crippen molar-refractivity contribution in [3.05, 3.63) is 34.2 Å². The highest BCUT2D eigenvalue weighted by Gasteiger charge is 2.31. The average Bonchev–Trinajstić information content (AvgIpc) is 3.14. The van der Waals surface area contributed by atoms with E-state index in [0.717, 1.165) is 62.4 Å². The van der Waals surface area contributed by atoms with E-state index in [9.17, 15) is 24.0 Å². The Kier molecular flexibility index (Phi) is 9.55. The van der Waals surface area contributed by atoms with Gasteiger partial charge in [0.2, 0.25) is 17.7 Å². The Labute approximate surface area is 240 Å². The maximum absolute atomic E-state index is 12.9. The monoisotopic (exact) mass is 569 g/mol. The molecule has 3 N–H and O–H groups in total. The van der Waals surface area contributed by atoms with E-state index in [0.29, 0.717) is 18.5 Å². The standard InChI is InChI=1S/C30H43N5O6/c1-30(2,3)41-28(39)32-21-12-10-20(11-13-21)26(37)31-17-7-5-6-8-19-9-14-22-24(18-19)34(4)29(40)35(22)23-15-16-25(36)33-27(23)38/h9,14,18,20-21,23H,5-8,10-13,15-17H2,1-4H3,(H,31,37)(H,32,39)(H,33,36,38). The molecular weight excluding hydrogens is 526 g/mol. The Bertz CT molecular complexity index is 1350. The molecule has 1 aromatic heterocycles. The lowest BCUT2D eigenvalue weighted by atomic mass is 9.85. The first-order valence-corrected chi connectivity index (χ1v) is 14.7. The van der Waals surface area contributed by atoms with Gasteiger partial charge in [-0.3, -0.25) is 28.8 Å². The third kappa shape index (κ3) is 7.77. The molecule has 1 unspecified atom stereocenters. The van der Waals surface area contributed by atoms with E-state index in [4.69, 9.17) is 4.74 Å². The predicted molar refractivity (Wildman–Crippen MR) is 154 cm³/mol. The second kappa shape index (κ2) is 12.9. The zero-order valence-corrected chi connectivity index (χ0v) is 24.6. The summed E-state index contributed by atoms with van der Waals surface area (Å²) < 4.78 is 8.37. The number of nitrogens with zero attached hydrogens (tertiary/aromatic N) is 2. The lowest BCUT2D eigenvalue weighted by molar-refractivity contribution is -0.135. The number of carbonyl (C=O) groups excluding carboxylic acids is 4. The number of carbonyl (C=O) groups is 4. The lowest BCUT2D eigenvalue weighted by Gasteiger charge is -2.29. The minimum Gasteiger partial charge on any atom is -0.444 e. The highest BCUT2D eigenvalue weighted by molar-refractivity contribution is 6.00. The number of aromatic nitrogens is 2. The Morgan fingerprint density at radius 2 is 1.73 bits per heavy atom. The molecule has 224 valence electrons. The van der Waals surface area contributed by atoms with Crippen LogP contribution in [0.3, 0.4) is 0 Å². The van der Waals surface area contributed by atoms with Gasteiger partial charge in [-0.1, -0.05) is 12.5 Å². The molecule has 1 saturated heterocycles. The Hall–Kier alpha value is -3.63. The second-order valence-electron chi connectivity index (χ2n) is 12.3. The van der Waals surface area contributed by atoms with Gasteiger partial charge < -0.3 is 15.4 Å². The summed E-state index contributed by atoms with van der Waals surface area (Å²) in [6.07, 6.45) is 6.80. The van der Waals surface area contributed by atoms with Crippen molar-refractivity contribution in [3.63, 3.8) is 0 Å². The van der Waals surface area contributed by atoms with Gasteiger partial charge in [0.05, 0.1) is 11.0 Å². The fraction of sp³-hybridized carbons (Fsp3) is 0.633. The normalized spacial score (nSPS) is 21.4. The molecule has 0 spiro atoms. The summed E-state index contributed by atoms with van der Waals surface area (Å²) in [5.41, 5.74) is 1.76. The molecule has 4 rings (SSSR count). The van der Waals surface area contributed by atoms with E-state index in [-0.39, 0.29) is 35.9 Å². The highest BCUT2D eigenvalue weighted by Crippen LogP contribution is 2.26. The van der Waals surface area contributed by atoms with Crippen molar-refractivity contribution in [2.24, 2.45) is 13.0 Å². The zero-order valence-electron chi connectivity index (χ0n) is 24.6. The van der Waals surface area contributed by atoms with Gasteiger partial charge in [-0.2, -0.15) is 0 Å². The van der Waals surface area contributed by atoms with Crippen LogP contribution in [0.5, 0.6) is 0 Å². The van der Waals surface area contributed by atoms with E-state index in [1.54, 1.807) is 11.6 Å². The van der Waals surface area contributed by atoms with Crippen molar-refractivity contribution in [3.8, 4) is 0 Å². The van der Waals surface area contributed by atoms with Crippen LogP contribution >= 0.6 is 0 Å². The topological polar surface area (TPSA) is 141 Å². The van der Waals surface area contributed by atoms with Crippen LogP contribution in [0, 0.1) is 5.92 Å². The number of hydrogen-bond acceptors (Lipinski definition) is 6. The van der Waals surface area contributed by atoms with Gasteiger partial charge in [0.1, 0.15) is 11.6 Å². The van der Waals surface area contributed by atoms with Crippen LogP contribution in [0.15, 0.2) is 23.0 Å². The van der Waals surface area contributed by atoms with E-state index in [2.05, 4.69) is 16.0 Å². The van der Waals surface area contributed by atoms with Crippen molar-refractivity contribution in [2.45, 2.75) is 103 Å². The van der Waals surface area contributed by atoms with Crippen LogP contribution < -0.4 is 21.6 Å². The number of imide groups is 1. The largest absolute Gasteiger partial charge is 0.444 e. The van der Waals surface area contributed by atoms with Crippen LogP contribution in [0.2, 0.25) is 0 Å². The number of alkyl carbamates (subject to hydrolysis) is 1. The van der Waals surface area contributed by atoms with Crippen LogP contribution in [-0.4, -0.2) is 51.1 Å². The third-order valence-electron chi connectivity index (χ3n) is 7.94. The smallest absolute Gasteiger partial charge is 0.407 e. The Morgan fingerprint density at radius 3 is 2.41 bits per heavy atom. The number of imidazole rings is 1. The summed E-state index contributed by atoms with van der Waals surface area (Å²) in [5, 5.41) is 8.32. The van der Waals surface area contributed by atoms with Gasteiger partial charge >= 0.3 is 11.8 Å². The predicted octanol–water partition coefficient (Wildman–Crippen LogP) is 3.23. The third-order valence-corrected chi connectivity index (χ3v) is 7.94. The molecule has 11 nitrogen and oxygen atoms in total. The number of rotatable bonds is 9. The van der Waals surface area contributed by atoms with Gasteiger partial charge in [0.15, 0.2) is 0 Å². The van der Waals surface area contributed by atoms with Crippen LogP contribution in [0.4, 0.5) is 4.79 Å². The number of aryl methyl sites for hydroxylation is 2. The number of benzene rings is 1. The maximum atomic E-state index is 12.9. The molecule has 11 heteroatoms. The molecule has 1 aliphatic heterocycles. The molecule has 1 aliphatic carbocycles. The van der Waals surface area contributed by atoms with E-state index >= 15 is 0 Å². The molecular formula is C30H43N5O6. The molecule has 1 saturated carbocycles. The first-order chi connectivity index (χ1) is 19.4. The summed E-state index contributed by atoms with van der Waals surface area (Å²) >= 11 is 0. The highest BCUT2D eigenvalue weighted by atomic mass is 16.6. The van der Waals surface area contributed by atoms with Gasteiger partial charge in [-0.15, -0.1) is 0 Å². The number of nitrogens with one attached hydrogen (secondary N) is 3. The molecule has 2 aliphatic rings. The molecule has 41 heavy (non-hydrogen) atoms. The van der Waals surface area contributed by atoms with Crippen LogP contribution in [0.25, 0.3) is 11.0 Å². The SMILES string of the molecule is Cn1c(=O)n(C2CCC(=O)NC2=O)c2ccc(CCCCCNC(=O)C3CCC(NC(=O)OC(C)(C)C)CC3)cc21. The number of fused-ring (bicyclic) bond motifs is 1.